The first-order valence-electron chi connectivity index (χ1n) is 10.8. The average Bonchev–Trinajstić information content (AvgIpc) is 3.15. The molecule has 1 saturated heterocycles. The van der Waals surface area contributed by atoms with Crippen LogP contribution in [0.4, 0.5) is 0 Å². The lowest BCUT2D eigenvalue weighted by Crippen LogP contribution is -2.55. The van der Waals surface area contributed by atoms with Gasteiger partial charge in [-0.3, -0.25) is 0 Å². The van der Waals surface area contributed by atoms with E-state index in [1.807, 2.05) is 19.2 Å². The number of nitrogens with zero attached hydrogens (tertiary/aromatic N) is 1. The van der Waals surface area contributed by atoms with Crippen LogP contribution in [0, 0.1) is 13.8 Å². The molecule has 0 saturated carbocycles. The molecule has 0 unspecified atom stereocenters. The van der Waals surface area contributed by atoms with Gasteiger partial charge >= 0.3 is 0 Å². The first kappa shape index (κ1) is 22.0. The van der Waals surface area contributed by atoms with Gasteiger partial charge in [-0.05, 0) is 42.5 Å². The zero-order chi connectivity index (χ0) is 22.3. The number of rotatable bonds is 5. The van der Waals surface area contributed by atoms with E-state index in [0.717, 1.165) is 39.6 Å². The molecule has 6 heteroatoms. The van der Waals surface area contributed by atoms with E-state index >= 15 is 0 Å². The highest BCUT2D eigenvalue weighted by molar-refractivity contribution is 5.90. The van der Waals surface area contributed by atoms with Gasteiger partial charge in [0.25, 0.3) is 0 Å². The molecule has 4 N–H and O–H groups in total. The first-order chi connectivity index (χ1) is 14.8. The average molecular weight is 426 g/mol. The van der Waals surface area contributed by atoms with E-state index < -0.39 is 37.1 Å². The molecule has 5 atom stereocenters. The summed E-state index contributed by atoms with van der Waals surface area (Å²) in [6.45, 7) is 6.41. The van der Waals surface area contributed by atoms with Crippen molar-refractivity contribution in [1.29, 1.82) is 0 Å². The van der Waals surface area contributed by atoms with Crippen molar-refractivity contribution in [2.45, 2.75) is 64.3 Å². The molecular weight excluding hydrogens is 394 g/mol. The smallest absolute Gasteiger partial charge is 0.114 e. The zero-order valence-corrected chi connectivity index (χ0v) is 18.2. The van der Waals surface area contributed by atoms with E-state index in [9.17, 15) is 20.4 Å². The van der Waals surface area contributed by atoms with Gasteiger partial charge in [0.1, 0.15) is 30.5 Å². The monoisotopic (exact) mass is 425 g/mol. The number of aromatic nitrogens is 1. The second-order valence-electron chi connectivity index (χ2n) is 8.55. The van der Waals surface area contributed by atoms with E-state index in [1.54, 1.807) is 0 Å². The fraction of sp³-hybridized carbons (Fsp3) is 0.440. The molecule has 1 fully saturated rings. The molecule has 0 spiro atoms. The Bertz CT molecular complexity index is 1060. The predicted molar refractivity (Wildman–Crippen MR) is 119 cm³/mol. The summed E-state index contributed by atoms with van der Waals surface area (Å²) in [5.41, 5.74) is 6.38. The van der Waals surface area contributed by atoms with Gasteiger partial charge < -0.3 is 29.7 Å². The van der Waals surface area contributed by atoms with E-state index in [-0.39, 0.29) is 0 Å². The molecule has 0 amide bonds. The normalized spacial score (nSPS) is 26.5. The minimum atomic E-state index is -1.40. The van der Waals surface area contributed by atoms with Gasteiger partial charge in [-0.15, -0.1) is 0 Å². The topological polar surface area (TPSA) is 95.1 Å². The molecule has 1 aliphatic rings. The van der Waals surface area contributed by atoms with E-state index in [2.05, 4.69) is 48.7 Å². The Kier molecular flexibility index (Phi) is 6.19. The van der Waals surface area contributed by atoms with Crippen LogP contribution in [-0.2, 0) is 17.7 Å². The number of aliphatic hydroxyl groups is 4. The Balaban J connectivity index is 1.81. The fourth-order valence-electron chi connectivity index (χ4n) is 4.60. The standard InChI is InChI=1S/C25H31NO5/c1-4-16-7-9-17(10-8-16)11-26-12-18(20-14(2)5-6-15(3)21(20)26)25-24(30)23(29)22(28)19(13-27)31-25/h5-10,12,19,22-25,27-30H,4,11,13H2,1-3H3/t19-,22-,23+,24-,25+/m1/s1. The van der Waals surface area contributed by atoms with Gasteiger partial charge in [0, 0.05) is 23.7 Å². The van der Waals surface area contributed by atoms with Gasteiger partial charge in [0.2, 0.25) is 0 Å². The summed E-state index contributed by atoms with van der Waals surface area (Å²) in [7, 11) is 0. The third-order valence-corrected chi connectivity index (χ3v) is 6.44. The SMILES string of the molecule is CCc1ccc(Cn2cc([C@@H]3O[C@H](CO)[C@@H](O)[C@H](O)[C@H]3O)c3c(C)ccc(C)c32)cc1. The van der Waals surface area contributed by atoms with Crippen LogP contribution in [0.25, 0.3) is 10.9 Å². The molecule has 2 heterocycles. The van der Waals surface area contributed by atoms with E-state index in [1.165, 1.54) is 5.56 Å². The molecule has 0 radical (unpaired) electrons. The summed E-state index contributed by atoms with van der Waals surface area (Å²) < 4.78 is 8.04. The van der Waals surface area contributed by atoms with Crippen LogP contribution in [0.15, 0.2) is 42.6 Å². The van der Waals surface area contributed by atoms with Crippen LogP contribution >= 0.6 is 0 Å². The summed E-state index contributed by atoms with van der Waals surface area (Å²) >= 11 is 0. The maximum absolute atomic E-state index is 10.7. The van der Waals surface area contributed by atoms with Crippen molar-refractivity contribution in [1.82, 2.24) is 4.57 Å². The lowest BCUT2D eigenvalue weighted by molar-refractivity contribution is -0.231. The maximum Gasteiger partial charge on any atom is 0.114 e. The van der Waals surface area contributed by atoms with Crippen molar-refractivity contribution < 1.29 is 25.2 Å². The number of ether oxygens (including phenoxy) is 1. The highest BCUT2D eigenvalue weighted by Crippen LogP contribution is 2.39. The van der Waals surface area contributed by atoms with Crippen molar-refractivity contribution in [2.75, 3.05) is 6.61 Å². The maximum atomic E-state index is 10.7. The second kappa shape index (κ2) is 8.73. The number of hydrogen-bond donors (Lipinski definition) is 4. The third-order valence-electron chi connectivity index (χ3n) is 6.44. The van der Waals surface area contributed by atoms with Crippen LogP contribution < -0.4 is 0 Å². The van der Waals surface area contributed by atoms with E-state index in [4.69, 9.17) is 4.74 Å². The Morgan fingerprint density at radius 1 is 0.871 bits per heavy atom. The molecule has 31 heavy (non-hydrogen) atoms. The number of benzene rings is 2. The zero-order valence-electron chi connectivity index (χ0n) is 18.2. The number of hydrogen-bond acceptors (Lipinski definition) is 5. The lowest BCUT2D eigenvalue weighted by atomic mass is 9.90. The largest absolute Gasteiger partial charge is 0.394 e. The second-order valence-corrected chi connectivity index (χ2v) is 8.55. The van der Waals surface area contributed by atoms with Gasteiger partial charge in [-0.2, -0.15) is 0 Å². The van der Waals surface area contributed by atoms with Crippen LogP contribution in [0.1, 0.15) is 40.8 Å². The molecular formula is C25H31NO5. The molecule has 6 nitrogen and oxygen atoms in total. The van der Waals surface area contributed by atoms with Crippen LogP contribution in [-0.4, -0.2) is 56.0 Å². The van der Waals surface area contributed by atoms with Gasteiger partial charge in [-0.1, -0.05) is 43.3 Å². The molecule has 2 aromatic carbocycles. The summed E-state index contributed by atoms with van der Waals surface area (Å²) in [4.78, 5) is 0. The Labute approximate surface area is 182 Å². The summed E-state index contributed by atoms with van der Waals surface area (Å²) in [6, 6.07) is 12.6. The number of aliphatic hydroxyl groups excluding tert-OH is 4. The van der Waals surface area contributed by atoms with Crippen molar-refractivity contribution >= 4 is 10.9 Å². The van der Waals surface area contributed by atoms with Crippen molar-refractivity contribution in [3.8, 4) is 0 Å². The Morgan fingerprint density at radius 3 is 2.16 bits per heavy atom. The van der Waals surface area contributed by atoms with Gasteiger partial charge in [0.15, 0.2) is 0 Å². The summed E-state index contributed by atoms with van der Waals surface area (Å²) in [5, 5.41) is 41.8. The van der Waals surface area contributed by atoms with Crippen molar-refractivity contribution in [3.05, 3.63) is 70.4 Å². The van der Waals surface area contributed by atoms with Crippen molar-refractivity contribution in [2.24, 2.45) is 0 Å². The van der Waals surface area contributed by atoms with Crippen LogP contribution in [0.2, 0.25) is 0 Å². The minimum absolute atomic E-state index is 0.443. The highest BCUT2D eigenvalue weighted by atomic mass is 16.5. The molecule has 166 valence electrons. The number of fused-ring (bicyclic) bond motifs is 1. The lowest BCUT2D eigenvalue weighted by Gasteiger charge is -2.40. The van der Waals surface area contributed by atoms with Crippen LogP contribution in [0.3, 0.4) is 0 Å². The third kappa shape index (κ3) is 3.90. The molecule has 4 rings (SSSR count). The molecule has 3 aromatic rings. The van der Waals surface area contributed by atoms with Gasteiger partial charge in [0.05, 0.1) is 12.1 Å². The quantitative estimate of drug-likeness (QED) is 0.504. The molecule has 0 aliphatic carbocycles. The molecule has 1 aromatic heterocycles. The number of aryl methyl sites for hydroxylation is 3. The molecule has 0 bridgehead atoms. The molecule has 1 aliphatic heterocycles. The first-order valence-corrected chi connectivity index (χ1v) is 10.8. The van der Waals surface area contributed by atoms with Crippen LogP contribution in [0.5, 0.6) is 0 Å². The van der Waals surface area contributed by atoms with E-state index in [0.29, 0.717) is 6.54 Å². The van der Waals surface area contributed by atoms with Gasteiger partial charge in [-0.25, -0.2) is 0 Å². The Morgan fingerprint density at radius 2 is 1.52 bits per heavy atom. The summed E-state index contributed by atoms with van der Waals surface area (Å²) in [5.74, 6) is 0. The predicted octanol–water partition coefficient (Wildman–Crippen LogP) is 2.38. The minimum Gasteiger partial charge on any atom is -0.394 e. The van der Waals surface area contributed by atoms with Crippen molar-refractivity contribution in [3.63, 3.8) is 0 Å². The Hall–Kier alpha value is -2.22. The summed E-state index contributed by atoms with van der Waals surface area (Å²) in [6.07, 6.45) is -2.92. The fourth-order valence-corrected chi connectivity index (χ4v) is 4.60. The highest BCUT2D eigenvalue weighted by Gasteiger charge is 2.45.